The van der Waals surface area contributed by atoms with Gasteiger partial charge >= 0.3 is 0 Å². The molecule has 0 fully saturated rings. The molecule has 0 radical (unpaired) electrons. The number of para-hydroxylation sites is 1. The van der Waals surface area contributed by atoms with Gasteiger partial charge in [0.15, 0.2) is 5.69 Å². The summed E-state index contributed by atoms with van der Waals surface area (Å²) in [6.45, 7) is 3.53. The molecular weight excluding hydrogens is 350 g/mol. The number of carbonyl (C=O) groups excluding carboxylic acids is 1. The van der Waals surface area contributed by atoms with E-state index < -0.39 is 0 Å². The van der Waals surface area contributed by atoms with Gasteiger partial charge in [0, 0.05) is 55.2 Å². The number of hydrogen-bond acceptors (Lipinski definition) is 4. The van der Waals surface area contributed by atoms with Crippen LogP contribution in [0.15, 0.2) is 48.5 Å². The maximum atomic E-state index is 12.6. The highest BCUT2D eigenvalue weighted by Gasteiger charge is 2.22. The Morgan fingerprint density at radius 2 is 1.96 bits per heavy atom. The van der Waals surface area contributed by atoms with Gasteiger partial charge < -0.3 is 15.5 Å². The third kappa shape index (κ3) is 3.16. The van der Waals surface area contributed by atoms with Crippen molar-refractivity contribution in [3.8, 4) is 0 Å². The molecule has 1 aromatic heterocycles. The molecule has 0 unspecified atom stereocenters. The molecule has 1 amide bonds. The van der Waals surface area contributed by atoms with E-state index in [1.807, 2.05) is 12.1 Å². The number of nitrogens with zero attached hydrogens (tertiary/aromatic N) is 2. The fourth-order valence-electron chi connectivity index (χ4n) is 4.09. The van der Waals surface area contributed by atoms with Crippen LogP contribution >= 0.6 is 0 Å². The number of amides is 1. The summed E-state index contributed by atoms with van der Waals surface area (Å²) in [5, 5.41) is 13.5. The second-order valence-corrected chi connectivity index (χ2v) is 7.41. The van der Waals surface area contributed by atoms with Crippen molar-refractivity contribution in [2.24, 2.45) is 0 Å². The van der Waals surface area contributed by atoms with E-state index in [0.717, 1.165) is 49.4 Å². The molecule has 2 aliphatic rings. The summed E-state index contributed by atoms with van der Waals surface area (Å²) in [4.78, 5) is 15.0. The smallest absolute Gasteiger partial charge is 0.276 e. The van der Waals surface area contributed by atoms with Crippen LogP contribution in [0.3, 0.4) is 0 Å². The Bertz CT molecular complexity index is 1010. The molecule has 3 aromatic rings. The Kier molecular flexibility index (Phi) is 4.33. The molecule has 0 atom stereocenters. The van der Waals surface area contributed by atoms with Crippen molar-refractivity contribution in [3.05, 3.63) is 76.6 Å². The standard InChI is InChI=1S/C22H23N5O/c28-22(21-18-13-23-11-9-19(18)25-26-21)24-17-7-5-15(6-8-17)14-27-12-10-16-3-1-2-4-20(16)27/h1-8,23H,9-14H2,(H,24,28)(H,25,26). The summed E-state index contributed by atoms with van der Waals surface area (Å²) >= 11 is 0. The van der Waals surface area contributed by atoms with Crippen LogP contribution in [0, 0.1) is 0 Å². The molecule has 2 aromatic carbocycles. The molecule has 0 spiro atoms. The van der Waals surface area contributed by atoms with Gasteiger partial charge in [-0.05, 0) is 35.7 Å². The van der Waals surface area contributed by atoms with E-state index in [0.29, 0.717) is 12.2 Å². The van der Waals surface area contributed by atoms with E-state index in [9.17, 15) is 4.79 Å². The van der Waals surface area contributed by atoms with Crippen molar-refractivity contribution < 1.29 is 4.79 Å². The van der Waals surface area contributed by atoms with Crippen LogP contribution in [-0.4, -0.2) is 29.2 Å². The number of aromatic nitrogens is 2. The van der Waals surface area contributed by atoms with Crippen LogP contribution in [0.4, 0.5) is 11.4 Å². The zero-order valence-electron chi connectivity index (χ0n) is 15.7. The molecule has 3 N–H and O–H groups in total. The molecule has 5 rings (SSSR count). The highest BCUT2D eigenvalue weighted by atomic mass is 16.1. The fraction of sp³-hybridized carbons (Fsp3) is 0.273. The SMILES string of the molecule is O=C(Nc1ccc(CN2CCc3ccccc32)cc1)c1n[nH]c2c1CNCC2. The number of benzene rings is 2. The highest BCUT2D eigenvalue weighted by Crippen LogP contribution is 2.29. The minimum absolute atomic E-state index is 0.164. The average Bonchev–Trinajstić information content (AvgIpc) is 3.34. The van der Waals surface area contributed by atoms with Crippen LogP contribution in [0.25, 0.3) is 0 Å². The zero-order chi connectivity index (χ0) is 18.9. The quantitative estimate of drug-likeness (QED) is 0.658. The molecule has 3 heterocycles. The molecule has 6 nitrogen and oxygen atoms in total. The fourth-order valence-corrected chi connectivity index (χ4v) is 4.09. The summed E-state index contributed by atoms with van der Waals surface area (Å²) in [7, 11) is 0. The Morgan fingerprint density at radius 1 is 1.11 bits per heavy atom. The second-order valence-electron chi connectivity index (χ2n) is 7.41. The third-order valence-corrected chi connectivity index (χ3v) is 5.59. The van der Waals surface area contributed by atoms with Crippen molar-refractivity contribution in [1.82, 2.24) is 15.5 Å². The lowest BCUT2D eigenvalue weighted by Gasteiger charge is -2.19. The van der Waals surface area contributed by atoms with Gasteiger partial charge in [0.05, 0.1) is 0 Å². The molecule has 2 aliphatic heterocycles. The molecular formula is C22H23N5O. The predicted octanol–water partition coefficient (Wildman–Crippen LogP) is 2.87. The van der Waals surface area contributed by atoms with E-state index in [4.69, 9.17) is 0 Å². The van der Waals surface area contributed by atoms with Gasteiger partial charge in [-0.3, -0.25) is 9.89 Å². The van der Waals surface area contributed by atoms with E-state index in [1.165, 1.54) is 16.8 Å². The van der Waals surface area contributed by atoms with Crippen molar-refractivity contribution >= 4 is 17.3 Å². The normalized spacial score (nSPS) is 15.2. The number of aromatic amines is 1. The average molecular weight is 373 g/mol. The first kappa shape index (κ1) is 17.0. The largest absolute Gasteiger partial charge is 0.367 e. The van der Waals surface area contributed by atoms with Gasteiger partial charge in [-0.2, -0.15) is 5.10 Å². The molecule has 142 valence electrons. The first-order valence-electron chi connectivity index (χ1n) is 9.78. The lowest BCUT2D eigenvalue weighted by Crippen LogP contribution is -2.25. The molecule has 0 aliphatic carbocycles. The van der Waals surface area contributed by atoms with Crippen LogP contribution in [0.5, 0.6) is 0 Å². The minimum Gasteiger partial charge on any atom is -0.367 e. The van der Waals surface area contributed by atoms with Gasteiger partial charge in [-0.15, -0.1) is 0 Å². The first-order valence-corrected chi connectivity index (χ1v) is 9.78. The lowest BCUT2D eigenvalue weighted by atomic mass is 10.1. The topological polar surface area (TPSA) is 73.0 Å². The molecule has 0 saturated carbocycles. The van der Waals surface area contributed by atoms with Gasteiger partial charge in [-0.1, -0.05) is 30.3 Å². The molecule has 6 heteroatoms. The number of nitrogens with one attached hydrogen (secondary N) is 3. The Balaban J connectivity index is 1.26. The van der Waals surface area contributed by atoms with Crippen LogP contribution in [0.2, 0.25) is 0 Å². The van der Waals surface area contributed by atoms with E-state index in [2.05, 4.69) is 62.1 Å². The third-order valence-electron chi connectivity index (χ3n) is 5.59. The Hall–Kier alpha value is -3.12. The monoisotopic (exact) mass is 373 g/mol. The number of fused-ring (bicyclic) bond motifs is 2. The van der Waals surface area contributed by atoms with Gasteiger partial charge in [0.2, 0.25) is 0 Å². The van der Waals surface area contributed by atoms with Crippen molar-refractivity contribution in [1.29, 1.82) is 0 Å². The maximum Gasteiger partial charge on any atom is 0.276 e. The predicted molar refractivity (Wildman–Crippen MR) is 110 cm³/mol. The second kappa shape index (κ2) is 7.13. The highest BCUT2D eigenvalue weighted by molar-refractivity contribution is 6.04. The summed E-state index contributed by atoms with van der Waals surface area (Å²) in [5.41, 5.74) is 7.30. The number of anilines is 2. The van der Waals surface area contributed by atoms with Gasteiger partial charge in [0.1, 0.15) is 0 Å². The number of carbonyl (C=O) groups is 1. The summed E-state index contributed by atoms with van der Waals surface area (Å²) in [5.74, 6) is -0.164. The van der Waals surface area contributed by atoms with Crippen molar-refractivity contribution in [2.75, 3.05) is 23.3 Å². The van der Waals surface area contributed by atoms with Gasteiger partial charge in [-0.25, -0.2) is 0 Å². The lowest BCUT2D eigenvalue weighted by molar-refractivity contribution is 0.102. The number of rotatable bonds is 4. The first-order chi connectivity index (χ1) is 13.8. The van der Waals surface area contributed by atoms with Gasteiger partial charge in [0.25, 0.3) is 5.91 Å². The summed E-state index contributed by atoms with van der Waals surface area (Å²) in [6, 6.07) is 16.7. The molecule has 0 bridgehead atoms. The number of H-pyrrole nitrogens is 1. The van der Waals surface area contributed by atoms with Crippen LogP contribution in [0.1, 0.15) is 32.9 Å². The van der Waals surface area contributed by atoms with Crippen molar-refractivity contribution in [2.45, 2.75) is 25.9 Å². The van der Waals surface area contributed by atoms with Crippen molar-refractivity contribution in [3.63, 3.8) is 0 Å². The maximum absolute atomic E-state index is 12.6. The van der Waals surface area contributed by atoms with Crippen LogP contribution < -0.4 is 15.5 Å². The Labute approximate surface area is 164 Å². The van der Waals surface area contributed by atoms with E-state index >= 15 is 0 Å². The summed E-state index contributed by atoms with van der Waals surface area (Å²) < 4.78 is 0. The number of hydrogen-bond donors (Lipinski definition) is 3. The zero-order valence-corrected chi connectivity index (χ0v) is 15.7. The van der Waals surface area contributed by atoms with E-state index in [1.54, 1.807) is 0 Å². The summed E-state index contributed by atoms with van der Waals surface area (Å²) in [6.07, 6.45) is 1.98. The minimum atomic E-state index is -0.164. The Morgan fingerprint density at radius 3 is 2.86 bits per heavy atom. The van der Waals surface area contributed by atoms with E-state index in [-0.39, 0.29) is 5.91 Å². The molecule has 0 saturated heterocycles. The van der Waals surface area contributed by atoms with Crippen LogP contribution in [-0.2, 0) is 25.9 Å². The molecule has 28 heavy (non-hydrogen) atoms.